The Morgan fingerprint density at radius 2 is 1.96 bits per heavy atom. The van der Waals surface area contributed by atoms with Crippen molar-refractivity contribution in [2.75, 3.05) is 12.4 Å². The van der Waals surface area contributed by atoms with Gasteiger partial charge in [0.1, 0.15) is 5.75 Å². The molecule has 0 saturated heterocycles. The van der Waals surface area contributed by atoms with E-state index in [1.807, 2.05) is 24.3 Å². The van der Waals surface area contributed by atoms with E-state index in [1.54, 1.807) is 13.4 Å². The summed E-state index contributed by atoms with van der Waals surface area (Å²) < 4.78 is 5.15. The van der Waals surface area contributed by atoms with E-state index in [0.717, 1.165) is 42.1 Å². The molecule has 9 heteroatoms. The molecule has 4 N–H and O–H groups in total. The summed E-state index contributed by atoms with van der Waals surface area (Å²) in [4.78, 5) is 38.8. The molecule has 0 radical (unpaired) electrons. The van der Waals surface area contributed by atoms with Crippen molar-refractivity contribution in [2.45, 2.75) is 19.3 Å². The third-order valence-corrected chi connectivity index (χ3v) is 4.06. The first kappa shape index (κ1) is 20.7. The van der Waals surface area contributed by atoms with Gasteiger partial charge in [0, 0.05) is 41.9 Å². The number of anilines is 1. The Kier molecular flexibility index (Phi) is 7.32. The van der Waals surface area contributed by atoms with E-state index in [4.69, 9.17) is 14.9 Å². The average Bonchev–Trinajstić information content (AvgIpc) is 3.15. The molecule has 0 bridgehead atoms. The monoisotopic (exact) mass is 387 g/mol. The van der Waals surface area contributed by atoms with E-state index in [0.29, 0.717) is 12.2 Å². The standard InChI is InChI=1S/C15H17N3O2.C4H4O4/c1-20-12-4-2-3-11(8-12)18-15(19)10-5-6-13-14(7-10)17-9-16-13;5-3(6)1-2-4(7)8/h2-4,8-10H,5-7H2,1H3,(H,16,17)(H,18,19);1-2H,(H,5,6)(H,7,8)/b;2-1+. The fraction of sp³-hybridized carbons (Fsp3) is 0.263. The smallest absolute Gasteiger partial charge is 0.328 e. The maximum absolute atomic E-state index is 12.3. The highest BCUT2D eigenvalue weighted by Gasteiger charge is 2.26. The van der Waals surface area contributed by atoms with Gasteiger partial charge in [0.05, 0.1) is 19.1 Å². The topological polar surface area (TPSA) is 142 Å². The second-order valence-electron chi connectivity index (χ2n) is 6.00. The molecule has 0 aliphatic heterocycles. The molecule has 148 valence electrons. The average molecular weight is 387 g/mol. The number of ether oxygens (including phenoxy) is 1. The SMILES string of the molecule is COc1cccc(NC(=O)C2CCc3nc[nH]c3C2)c1.O=C(O)/C=C/C(=O)O. The van der Waals surface area contributed by atoms with E-state index in [9.17, 15) is 14.4 Å². The van der Waals surface area contributed by atoms with Crippen LogP contribution in [0.1, 0.15) is 17.8 Å². The number of aromatic nitrogens is 2. The lowest BCUT2D eigenvalue weighted by atomic mass is 9.89. The highest BCUT2D eigenvalue weighted by Crippen LogP contribution is 2.25. The minimum absolute atomic E-state index is 0.00542. The van der Waals surface area contributed by atoms with Crippen molar-refractivity contribution < 1.29 is 29.3 Å². The summed E-state index contributed by atoms with van der Waals surface area (Å²) in [6.07, 6.45) is 5.24. The van der Waals surface area contributed by atoms with Crippen molar-refractivity contribution in [1.29, 1.82) is 0 Å². The number of aliphatic carboxylic acids is 2. The maximum atomic E-state index is 12.3. The van der Waals surface area contributed by atoms with Gasteiger partial charge < -0.3 is 25.3 Å². The number of aryl methyl sites for hydroxylation is 1. The molecular weight excluding hydrogens is 366 g/mol. The Bertz CT molecular complexity index is 858. The van der Waals surface area contributed by atoms with E-state index in [2.05, 4.69) is 15.3 Å². The van der Waals surface area contributed by atoms with Crippen LogP contribution in [0.2, 0.25) is 0 Å². The summed E-state index contributed by atoms with van der Waals surface area (Å²) >= 11 is 0. The van der Waals surface area contributed by atoms with Crippen LogP contribution in [0.25, 0.3) is 0 Å². The van der Waals surface area contributed by atoms with Crippen molar-refractivity contribution in [3.63, 3.8) is 0 Å². The largest absolute Gasteiger partial charge is 0.497 e. The van der Waals surface area contributed by atoms with Crippen molar-refractivity contribution in [3.8, 4) is 5.75 Å². The Labute approximate surface area is 161 Å². The van der Waals surface area contributed by atoms with E-state index in [-0.39, 0.29) is 11.8 Å². The number of fused-ring (bicyclic) bond motifs is 1. The number of nitrogens with zero attached hydrogens (tertiary/aromatic N) is 1. The van der Waals surface area contributed by atoms with E-state index < -0.39 is 11.9 Å². The molecule has 9 nitrogen and oxygen atoms in total. The van der Waals surface area contributed by atoms with Crippen molar-refractivity contribution in [2.24, 2.45) is 5.92 Å². The number of aromatic amines is 1. The summed E-state index contributed by atoms with van der Waals surface area (Å²) in [5.41, 5.74) is 2.95. The summed E-state index contributed by atoms with van der Waals surface area (Å²) in [6.45, 7) is 0. The van der Waals surface area contributed by atoms with Crippen molar-refractivity contribution in [1.82, 2.24) is 9.97 Å². The van der Waals surface area contributed by atoms with Gasteiger partial charge in [-0.3, -0.25) is 4.79 Å². The molecule has 0 saturated carbocycles. The van der Waals surface area contributed by atoms with Gasteiger partial charge in [-0.05, 0) is 25.0 Å². The number of rotatable bonds is 5. The Balaban J connectivity index is 0.000000300. The number of carboxylic acids is 2. The molecule has 0 fully saturated rings. The maximum Gasteiger partial charge on any atom is 0.328 e. The van der Waals surface area contributed by atoms with Crippen molar-refractivity contribution >= 4 is 23.5 Å². The molecule has 2 aromatic rings. The number of nitrogens with one attached hydrogen (secondary N) is 2. The lowest BCUT2D eigenvalue weighted by Gasteiger charge is -2.20. The highest BCUT2D eigenvalue weighted by molar-refractivity contribution is 5.93. The zero-order valence-electron chi connectivity index (χ0n) is 15.2. The van der Waals surface area contributed by atoms with Crippen LogP contribution in [0.3, 0.4) is 0 Å². The van der Waals surface area contributed by atoms with Crippen LogP contribution >= 0.6 is 0 Å². The van der Waals surface area contributed by atoms with E-state index in [1.165, 1.54) is 0 Å². The molecular formula is C19H21N3O6. The van der Waals surface area contributed by atoms with Gasteiger partial charge in [-0.25, -0.2) is 14.6 Å². The number of H-pyrrole nitrogens is 1. The number of hydrogen-bond donors (Lipinski definition) is 4. The number of carbonyl (C=O) groups excluding carboxylic acids is 1. The van der Waals surface area contributed by atoms with Crippen LogP contribution in [-0.4, -0.2) is 45.1 Å². The number of carboxylic acid groups (broad SMARTS) is 2. The number of amides is 1. The lowest BCUT2D eigenvalue weighted by molar-refractivity contribution is -0.134. The lowest BCUT2D eigenvalue weighted by Crippen LogP contribution is -2.28. The predicted octanol–water partition coefficient (Wildman–Crippen LogP) is 1.87. The molecule has 0 spiro atoms. The number of hydrogen-bond acceptors (Lipinski definition) is 5. The van der Waals surface area contributed by atoms with Crippen LogP contribution in [0.15, 0.2) is 42.7 Å². The molecule has 1 aromatic heterocycles. The molecule has 1 amide bonds. The van der Waals surface area contributed by atoms with Crippen LogP contribution in [0.5, 0.6) is 5.75 Å². The van der Waals surface area contributed by atoms with Crippen LogP contribution in [0.4, 0.5) is 5.69 Å². The summed E-state index contributed by atoms with van der Waals surface area (Å²) in [5.74, 6) is -1.73. The summed E-state index contributed by atoms with van der Waals surface area (Å²) in [6, 6.07) is 7.41. The highest BCUT2D eigenvalue weighted by atomic mass is 16.5. The zero-order valence-corrected chi connectivity index (χ0v) is 15.2. The molecule has 1 atom stereocenters. The molecule has 1 aliphatic carbocycles. The van der Waals surface area contributed by atoms with Gasteiger partial charge in [-0.15, -0.1) is 0 Å². The van der Waals surface area contributed by atoms with Crippen LogP contribution in [-0.2, 0) is 27.2 Å². The van der Waals surface area contributed by atoms with Gasteiger partial charge in [0.2, 0.25) is 5.91 Å². The van der Waals surface area contributed by atoms with Crippen LogP contribution < -0.4 is 10.1 Å². The Morgan fingerprint density at radius 3 is 2.61 bits per heavy atom. The van der Waals surface area contributed by atoms with Crippen LogP contribution in [0, 0.1) is 5.92 Å². The predicted molar refractivity (Wildman–Crippen MR) is 100 cm³/mol. The van der Waals surface area contributed by atoms with Gasteiger partial charge in [0.25, 0.3) is 0 Å². The molecule has 1 aromatic carbocycles. The molecule has 1 heterocycles. The first-order valence-corrected chi connectivity index (χ1v) is 8.49. The second kappa shape index (κ2) is 9.91. The number of methoxy groups -OCH3 is 1. The number of benzene rings is 1. The van der Waals surface area contributed by atoms with Gasteiger partial charge in [-0.2, -0.15) is 0 Å². The van der Waals surface area contributed by atoms with Crippen molar-refractivity contribution in [3.05, 3.63) is 54.1 Å². The Morgan fingerprint density at radius 1 is 1.25 bits per heavy atom. The molecule has 1 unspecified atom stereocenters. The zero-order chi connectivity index (χ0) is 20.5. The Hall–Kier alpha value is -3.62. The molecule has 3 rings (SSSR count). The summed E-state index contributed by atoms with van der Waals surface area (Å²) in [7, 11) is 1.61. The fourth-order valence-electron chi connectivity index (χ4n) is 2.71. The second-order valence-corrected chi connectivity index (χ2v) is 6.00. The third kappa shape index (κ3) is 6.27. The first-order valence-electron chi connectivity index (χ1n) is 8.49. The molecule has 1 aliphatic rings. The summed E-state index contributed by atoms with van der Waals surface area (Å²) in [5, 5.41) is 18.6. The number of imidazole rings is 1. The van der Waals surface area contributed by atoms with Gasteiger partial charge in [0.15, 0.2) is 0 Å². The minimum atomic E-state index is -1.26. The molecule has 28 heavy (non-hydrogen) atoms. The normalized spacial score (nSPS) is 15.1. The minimum Gasteiger partial charge on any atom is -0.497 e. The quantitative estimate of drug-likeness (QED) is 0.574. The first-order chi connectivity index (χ1) is 13.4. The fourth-order valence-corrected chi connectivity index (χ4v) is 2.71. The third-order valence-electron chi connectivity index (χ3n) is 4.06. The van der Waals surface area contributed by atoms with Gasteiger partial charge in [-0.1, -0.05) is 6.07 Å². The number of carbonyl (C=O) groups is 3. The van der Waals surface area contributed by atoms with Gasteiger partial charge >= 0.3 is 11.9 Å². The van der Waals surface area contributed by atoms with E-state index >= 15 is 0 Å².